The number of aliphatic hydroxyl groups excluding tert-OH is 1. The number of hydrogen-bond donors (Lipinski definition) is 1. The van der Waals surface area contributed by atoms with Gasteiger partial charge in [0.1, 0.15) is 5.75 Å². The van der Waals surface area contributed by atoms with Gasteiger partial charge in [0.2, 0.25) is 0 Å². The Morgan fingerprint density at radius 2 is 2.03 bits per heavy atom. The molecule has 150 valence electrons. The van der Waals surface area contributed by atoms with E-state index in [4.69, 9.17) is 9.47 Å². The molecule has 0 saturated heterocycles. The van der Waals surface area contributed by atoms with E-state index in [1.54, 1.807) is 26.3 Å². The fourth-order valence-electron chi connectivity index (χ4n) is 3.85. The summed E-state index contributed by atoms with van der Waals surface area (Å²) < 4.78 is 10.2. The number of aliphatic hydroxyl groups is 1. The Bertz CT molecular complexity index is 1080. The summed E-state index contributed by atoms with van der Waals surface area (Å²) in [6.07, 6.45) is 1.91. The molecule has 0 radical (unpaired) electrons. The van der Waals surface area contributed by atoms with E-state index in [9.17, 15) is 9.90 Å². The maximum atomic E-state index is 11.8. The molecule has 7 heteroatoms. The topological polar surface area (TPSA) is 84.8 Å². The number of rotatable bonds is 4. The van der Waals surface area contributed by atoms with Gasteiger partial charge in [-0.1, -0.05) is 6.07 Å². The molecule has 2 heterocycles. The first-order valence-corrected chi connectivity index (χ1v) is 9.48. The second-order valence-corrected chi connectivity index (χ2v) is 7.16. The highest BCUT2D eigenvalue weighted by Crippen LogP contribution is 2.35. The van der Waals surface area contributed by atoms with E-state index >= 15 is 0 Å². The van der Waals surface area contributed by atoms with Crippen molar-refractivity contribution in [2.75, 3.05) is 25.7 Å². The highest BCUT2D eigenvalue weighted by molar-refractivity contribution is 5.93. The number of carbonyl (C=O) groups is 1. The van der Waals surface area contributed by atoms with Gasteiger partial charge < -0.3 is 19.5 Å². The molecule has 1 unspecified atom stereocenters. The van der Waals surface area contributed by atoms with Crippen LogP contribution in [0.25, 0.3) is 10.9 Å². The number of carbonyl (C=O) groups excluding carboxylic acids is 1. The predicted molar refractivity (Wildman–Crippen MR) is 109 cm³/mol. The number of anilines is 1. The minimum absolute atomic E-state index is 0.320. The molecule has 0 saturated carbocycles. The average molecular weight is 393 g/mol. The van der Waals surface area contributed by atoms with Gasteiger partial charge in [0.05, 0.1) is 43.3 Å². The maximum Gasteiger partial charge on any atom is 0.337 e. The summed E-state index contributed by atoms with van der Waals surface area (Å²) in [5, 5.41) is 19.5. The zero-order valence-corrected chi connectivity index (χ0v) is 16.7. The van der Waals surface area contributed by atoms with E-state index in [2.05, 4.69) is 15.1 Å². The van der Waals surface area contributed by atoms with Crippen LogP contribution in [-0.2, 0) is 17.7 Å². The molecule has 0 amide bonds. The summed E-state index contributed by atoms with van der Waals surface area (Å²) in [4.78, 5) is 14.0. The van der Waals surface area contributed by atoms with Gasteiger partial charge in [-0.2, -0.15) is 10.2 Å². The van der Waals surface area contributed by atoms with Crippen LogP contribution < -0.4 is 9.64 Å². The Morgan fingerprint density at radius 3 is 2.76 bits per heavy atom. The number of ether oxygens (including phenoxy) is 2. The molecule has 1 aliphatic heterocycles. The standard InChI is InChI=1S/C22H23N3O4/c1-13(26)17-9-18-19(10-21(17)28-2)24-23-11-20(18)25-7-6-14-8-15(22(27)29-3)4-5-16(14)12-25/h4-5,8-11,13,26H,6-7,12H2,1-3H3. The van der Waals surface area contributed by atoms with Crippen molar-refractivity contribution in [3.63, 3.8) is 0 Å². The van der Waals surface area contributed by atoms with Crippen molar-refractivity contribution >= 4 is 22.6 Å². The fraction of sp³-hybridized carbons (Fsp3) is 0.318. The number of aromatic nitrogens is 2. The van der Waals surface area contributed by atoms with E-state index in [1.807, 2.05) is 24.3 Å². The molecule has 2 aromatic carbocycles. The molecule has 1 atom stereocenters. The molecular weight excluding hydrogens is 370 g/mol. The van der Waals surface area contributed by atoms with Crippen LogP contribution in [0, 0.1) is 0 Å². The van der Waals surface area contributed by atoms with E-state index in [-0.39, 0.29) is 5.97 Å². The Balaban J connectivity index is 1.72. The van der Waals surface area contributed by atoms with Crippen LogP contribution in [0.1, 0.15) is 40.1 Å². The van der Waals surface area contributed by atoms with E-state index in [0.29, 0.717) is 17.9 Å². The molecule has 3 aromatic rings. The van der Waals surface area contributed by atoms with Crippen LogP contribution in [0.4, 0.5) is 5.69 Å². The smallest absolute Gasteiger partial charge is 0.337 e. The number of fused-ring (bicyclic) bond motifs is 2. The summed E-state index contributed by atoms with van der Waals surface area (Å²) in [6, 6.07) is 9.44. The summed E-state index contributed by atoms with van der Waals surface area (Å²) >= 11 is 0. The Hall–Kier alpha value is -3.19. The molecule has 0 spiro atoms. The highest BCUT2D eigenvalue weighted by Gasteiger charge is 2.22. The van der Waals surface area contributed by atoms with Crippen molar-refractivity contribution in [3.05, 3.63) is 58.8 Å². The monoisotopic (exact) mass is 393 g/mol. The van der Waals surface area contributed by atoms with Crippen LogP contribution >= 0.6 is 0 Å². The zero-order chi connectivity index (χ0) is 20.5. The SMILES string of the molecule is COC(=O)c1ccc2c(c1)CCN(c1cnnc3cc(OC)c(C(C)O)cc13)C2. The van der Waals surface area contributed by atoms with Crippen molar-refractivity contribution in [2.24, 2.45) is 0 Å². The minimum Gasteiger partial charge on any atom is -0.496 e. The first-order chi connectivity index (χ1) is 14.0. The fourth-order valence-corrected chi connectivity index (χ4v) is 3.85. The molecule has 7 nitrogen and oxygen atoms in total. The largest absolute Gasteiger partial charge is 0.496 e. The van der Waals surface area contributed by atoms with Crippen molar-refractivity contribution < 1.29 is 19.4 Å². The van der Waals surface area contributed by atoms with Crippen LogP contribution in [0.5, 0.6) is 5.75 Å². The maximum absolute atomic E-state index is 11.8. The molecule has 0 aliphatic carbocycles. The number of benzene rings is 2. The lowest BCUT2D eigenvalue weighted by molar-refractivity contribution is 0.0600. The number of methoxy groups -OCH3 is 2. The summed E-state index contributed by atoms with van der Waals surface area (Å²) in [5.74, 6) is 0.275. The highest BCUT2D eigenvalue weighted by atomic mass is 16.5. The van der Waals surface area contributed by atoms with Gasteiger partial charge in [-0.3, -0.25) is 0 Å². The second kappa shape index (κ2) is 7.67. The predicted octanol–water partition coefficient (Wildman–Crippen LogP) is 3.04. The zero-order valence-electron chi connectivity index (χ0n) is 16.7. The summed E-state index contributed by atoms with van der Waals surface area (Å²) in [5.41, 5.74) is 5.29. The van der Waals surface area contributed by atoms with Gasteiger partial charge in [-0.05, 0) is 42.7 Å². The normalized spacial score (nSPS) is 14.4. The molecule has 29 heavy (non-hydrogen) atoms. The summed E-state index contributed by atoms with van der Waals surface area (Å²) in [7, 11) is 2.97. The van der Waals surface area contributed by atoms with E-state index < -0.39 is 6.10 Å². The third-order valence-corrected chi connectivity index (χ3v) is 5.40. The van der Waals surface area contributed by atoms with Gasteiger partial charge >= 0.3 is 5.97 Å². The van der Waals surface area contributed by atoms with E-state index in [1.165, 1.54) is 7.11 Å². The van der Waals surface area contributed by atoms with Crippen molar-refractivity contribution in [1.82, 2.24) is 10.2 Å². The Morgan fingerprint density at radius 1 is 1.21 bits per heavy atom. The molecule has 1 N–H and O–H groups in total. The van der Waals surface area contributed by atoms with Crippen LogP contribution in [0.3, 0.4) is 0 Å². The number of esters is 1. The molecule has 4 rings (SSSR count). The van der Waals surface area contributed by atoms with Crippen molar-refractivity contribution in [2.45, 2.75) is 26.0 Å². The summed E-state index contributed by atoms with van der Waals surface area (Å²) in [6.45, 7) is 3.20. The van der Waals surface area contributed by atoms with Crippen LogP contribution in [-0.4, -0.2) is 42.0 Å². The van der Waals surface area contributed by atoms with Crippen LogP contribution in [0.2, 0.25) is 0 Å². The molecular formula is C22H23N3O4. The lowest BCUT2D eigenvalue weighted by Crippen LogP contribution is -2.31. The lowest BCUT2D eigenvalue weighted by atomic mass is 9.96. The van der Waals surface area contributed by atoms with Gasteiger partial charge in [0.25, 0.3) is 0 Å². The first-order valence-electron chi connectivity index (χ1n) is 9.48. The molecule has 1 aliphatic rings. The van der Waals surface area contributed by atoms with Crippen LogP contribution in [0.15, 0.2) is 36.5 Å². The average Bonchev–Trinajstić information content (AvgIpc) is 2.76. The van der Waals surface area contributed by atoms with Gasteiger partial charge in [-0.25, -0.2) is 4.79 Å². The van der Waals surface area contributed by atoms with Gasteiger partial charge in [0.15, 0.2) is 0 Å². The number of hydrogen-bond acceptors (Lipinski definition) is 7. The molecule has 0 bridgehead atoms. The quantitative estimate of drug-likeness (QED) is 0.682. The third-order valence-electron chi connectivity index (χ3n) is 5.40. The second-order valence-electron chi connectivity index (χ2n) is 7.16. The first kappa shape index (κ1) is 19.1. The van der Waals surface area contributed by atoms with E-state index in [0.717, 1.165) is 46.2 Å². The van der Waals surface area contributed by atoms with Gasteiger partial charge in [0, 0.05) is 30.1 Å². The molecule has 1 aromatic heterocycles. The lowest BCUT2D eigenvalue weighted by Gasteiger charge is -2.31. The van der Waals surface area contributed by atoms with Crippen molar-refractivity contribution in [1.29, 1.82) is 0 Å². The minimum atomic E-state index is -0.658. The number of nitrogens with zero attached hydrogens (tertiary/aromatic N) is 3. The Labute approximate surface area is 168 Å². The Kier molecular flexibility index (Phi) is 5.07. The third kappa shape index (κ3) is 3.49. The molecule has 0 fully saturated rings. The van der Waals surface area contributed by atoms with Crippen molar-refractivity contribution in [3.8, 4) is 5.75 Å². The van der Waals surface area contributed by atoms with Gasteiger partial charge in [-0.15, -0.1) is 0 Å².